The van der Waals surface area contributed by atoms with Gasteiger partial charge in [-0.25, -0.2) is 0 Å². The third-order valence-corrected chi connectivity index (χ3v) is 18.2. The smallest absolute Gasteiger partial charge is 0.305 e. The van der Waals surface area contributed by atoms with Gasteiger partial charge in [-0.05, 0) is 83.5 Å². The molecule has 0 bridgehead atoms. The number of carbonyl (C=O) groups is 2. The van der Waals surface area contributed by atoms with Crippen LogP contribution in [0.5, 0.6) is 0 Å². The molecule has 0 saturated carbocycles. The molecule has 0 aromatic carbocycles. The standard InChI is InChI=1S/C79H151NO5/c1-3-5-7-9-11-13-15-17-19-21-23-33-36-39-43-47-51-55-59-63-67-71-77(82)76(75-81)80-78(83)72-68-64-60-56-52-48-44-40-37-34-31-29-27-25-24-26-28-30-32-35-38-42-46-50-54-58-62-66-70-74-85-79(84)73-69-65-61-57-53-49-45-41-22-20-18-16-14-12-10-8-6-4-2/h14,16,20,22,24,26,76-77,81-82H,3-13,15,17-19,21,23,25,27-75H2,1-2H3,(H,80,83)/b16-14-,22-20-,26-24-. The van der Waals surface area contributed by atoms with Crippen LogP contribution in [0.1, 0.15) is 431 Å². The van der Waals surface area contributed by atoms with E-state index in [4.69, 9.17) is 4.74 Å². The molecule has 0 aliphatic carbocycles. The maximum atomic E-state index is 12.6. The Bertz CT molecular complexity index is 1380. The van der Waals surface area contributed by atoms with Gasteiger partial charge in [0.1, 0.15) is 0 Å². The summed E-state index contributed by atoms with van der Waals surface area (Å²) in [5.41, 5.74) is 0. The second-order valence-electron chi connectivity index (χ2n) is 26.7. The summed E-state index contributed by atoms with van der Waals surface area (Å²) in [5, 5.41) is 23.4. The van der Waals surface area contributed by atoms with Crippen LogP contribution in [0.3, 0.4) is 0 Å². The molecule has 2 unspecified atom stereocenters. The van der Waals surface area contributed by atoms with Crippen molar-refractivity contribution in [3.05, 3.63) is 36.5 Å². The number of rotatable bonds is 73. The molecule has 0 aliphatic heterocycles. The number of allylic oxidation sites excluding steroid dienone is 6. The molecule has 0 saturated heterocycles. The maximum absolute atomic E-state index is 12.6. The topological polar surface area (TPSA) is 95.9 Å². The number of aliphatic hydroxyl groups is 2. The molecular formula is C79H151NO5. The van der Waals surface area contributed by atoms with Crippen LogP contribution < -0.4 is 5.32 Å². The van der Waals surface area contributed by atoms with Gasteiger partial charge in [0.05, 0.1) is 25.4 Å². The lowest BCUT2D eigenvalue weighted by molar-refractivity contribution is -0.143. The molecule has 0 spiro atoms. The summed E-state index contributed by atoms with van der Waals surface area (Å²) in [6, 6.07) is -0.542. The van der Waals surface area contributed by atoms with Gasteiger partial charge in [-0.2, -0.15) is 0 Å². The second-order valence-corrected chi connectivity index (χ2v) is 26.7. The Morgan fingerprint density at radius 1 is 0.329 bits per heavy atom. The number of amides is 1. The fourth-order valence-electron chi connectivity index (χ4n) is 12.3. The molecule has 0 aromatic heterocycles. The first kappa shape index (κ1) is 83.1. The van der Waals surface area contributed by atoms with E-state index in [1.54, 1.807) is 0 Å². The number of hydrogen-bond donors (Lipinski definition) is 3. The van der Waals surface area contributed by atoms with E-state index in [9.17, 15) is 19.8 Å². The second kappa shape index (κ2) is 74.5. The average Bonchev–Trinajstić information content (AvgIpc) is 3.51. The number of ether oxygens (including phenoxy) is 1. The zero-order valence-electron chi connectivity index (χ0n) is 57.6. The molecule has 6 nitrogen and oxygen atoms in total. The molecule has 0 rings (SSSR count). The molecule has 6 heteroatoms. The van der Waals surface area contributed by atoms with Gasteiger partial charge < -0.3 is 20.3 Å². The van der Waals surface area contributed by atoms with Crippen LogP contribution in [-0.2, 0) is 14.3 Å². The van der Waals surface area contributed by atoms with Gasteiger partial charge in [-0.15, -0.1) is 0 Å². The van der Waals surface area contributed by atoms with Crippen molar-refractivity contribution in [1.82, 2.24) is 5.32 Å². The van der Waals surface area contributed by atoms with Crippen molar-refractivity contribution in [2.75, 3.05) is 13.2 Å². The Morgan fingerprint density at radius 2 is 0.588 bits per heavy atom. The highest BCUT2D eigenvalue weighted by atomic mass is 16.5. The monoisotopic (exact) mass is 1190 g/mol. The van der Waals surface area contributed by atoms with Gasteiger partial charge in [0.15, 0.2) is 0 Å². The van der Waals surface area contributed by atoms with Crippen molar-refractivity contribution >= 4 is 11.9 Å². The van der Waals surface area contributed by atoms with E-state index in [1.807, 2.05) is 0 Å². The van der Waals surface area contributed by atoms with Crippen LogP contribution >= 0.6 is 0 Å². The molecule has 3 N–H and O–H groups in total. The molecule has 502 valence electrons. The quantitative estimate of drug-likeness (QED) is 0.0320. The van der Waals surface area contributed by atoms with Crippen LogP contribution in [0, 0.1) is 0 Å². The normalized spacial score (nSPS) is 12.7. The molecule has 0 fully saturated rings. The van der Waals surface area contributed by atoms with Crippen molar-refractivity contribution < 1.29 is 24.5 Å². The number of unbranched alkanes of at least 4 members (excludes halogenated alkanes) is 56. The summed E-state index contributed by atoms with van der Waals surface area (Å²) in [6.07, 6.45) is 96.5. The van der Waals surface area contributed by atoms with Gasteiger partial charge in [-0.3, -0.25) is 9.59 Å². The van der Waals surface area contributed by atoms with Gasteiger partial charge in [-0.1, -0.05) is 371 Å². The number of aliphatic hydroxyl groups excluding tert-OH is 2. The van der Waals surface area contributed by atoms with E-state index >= 15 is 0 Å². The first-order chi connectivity index (χ1) is 42.0. The molecule has 85 heavy (non-hydrogen) atoms. The van der Waals surface area contributed by atoms with Crippen LogP contribution in [0.25, 0.3) is 0 Å². The summed E-state index contributed by atoms with van der Waals surface area (Å²) in [5.74, 6) is -0.0196. The van der Waals surface area contributed by atoms with Gasteiger partial charge in [0.25, 0.3) is 0 Å². The highest BCUT2D eigenvalue weighted by Crippen LogP contribution is 2.19. The van der Waals surface area contributed by atoms with Crippen molar-refractivity contribution in [2.45, 2.75) is 443 Å². The van der Waals surface area contributed by atoms with E-state index in [0.717, 1.165) is 51.4 Å². The molecular weight excluding hydrogens is 1040 g/mol. The van der Waals surface area contributed by atoms with Crippen LogP contribution in [0.4, 0.5) is 0 Å². The van der Waals surface area contributed by atoms with Crippen LogP contribution in [-0.4, -0.2) is 47.4 Å². The zero-order chi connectivity index (χ0) is 61.3. The van der Waals surface area contributed by atoms with Crippen molar-refractivity contribution in [1.29, 1.82) is 0 Å². The largest absolute Gasteiger partial charge is 0.466 e. The van der Waals surface area contributed by atoms with E-state index in [0.29, 0.717) is 25.9 Å². The van der Waals surface area contributed by atoms with Crippen molar-refractivity contribution in [3.8, 4) is 0 Å². The molecule has 0 aromatic rings. The first-order valence-corrected chi connectivity index (χ1v) is 38.7. The minimum Gasteiger partial charge on any atom is -0.466 e. The van der Waals surface area contributed by atoms with E-state index in [2.05, 4.69) is 55.6 Å². The Morgan fingerprint density at radius 3 is 0.918 bits per heavy atom. The summed E-state index contributed by atoms with van der Waals surface area (Å²) in [7, 11) is 0. The number of hydrogen-bond acceptors (Lipinski definition) is 5. The first-order valence-electron chi connectivity index (χ1n) is 38.7. The Kier molecular flexibility index (Phi) is 72.9. The lowest BCUT2D eigenvalue weighted by Gasteiger charge is -2.22. The Balaban J connectivity index is 3.37. The van der Waals surface area contributed by atoms with Crippen LogP contribution in [0.15, 0.2) is 36.5 Å². The lowest BCUT2D eigenvalue weighted by Crippen LogP contribution is -2.45. The van der Waals surface area contributed by atoms with Gasteiger partial charge in [0.2, 0.25) is 5.91 Å². The zero-order valence-corrected chi connectivity index (χ0v) is 57.6. The highest BCUT2D eigenvalue weighted by molar-refractivity contribution is 5.76. The third kappa shape index (κ3) is 71.0. The number of nitrogens with one attached hydrogen (secondary N) is 1. The van der Waals surface area contributed by atoms with Crippen molar-refractivity contribution in [3.63, 3.8) is 0 Å². The Labute approximate surface area is 532 Å². The predicted octanol–water partition coefficient (Wildman–Crippen LogP) is 25.4. The third-order valence-electron chi connectivity index (χ3n) is 18.2. The lowest BCUT2D eigenvalue weighted by atomic mass is 10.0. The molecule has 2 atom stereocenters. The molecule has 0 radical (unpaired) electrons. The van der Waals surface area contributed by atoms with Crippen LogP contribution in [0.2, 0.25) is 0 Å². The predicted molar refractivity (Wildman–Crippen MR) is 375 cm³/mol. The number of carbonyl (C=O) groups excluding carboxylic acids is 2. The molecule has 0 heterocycles. The van der Waals surface area contributed by atoms with Crippen molar-refractivity contribution in [2.24, 2.45) is 0 Å². The molecule has 1 amide bonds. The fraction of sp³-hybridized carbons (Fsp3) is 0.899. The summed E-state index contributed by atoms with van der Waals surface area (Å²) in [6.45, 7) is 4.98. The minimum absolute atomic E-state index is 0.00994. The maximum Gasteiger partial charge on any atom is 0.305 e. The molecule has 0 aliphatic rings. The van der Waals surface area contributed by atoms with Gasteiger partial charge in [0, 0.05) is 12.8 Å². The van der Waals surface area contributed by atoms with E-state index < -0.39 is 12.1 Å². The summed E-state index contributed by atoms with van der Waals surface area (Å²) >= 11 is 0. The average molecular weight is 1200 g/mol. The highest BCUT2D eigenvalue weighted by Gasteiger charge is 2.20. The van der Waals surface area contributed by atoms with Gasteiger partial charge >= 0.3 is 5.97 Å². The van der Waals surface area contributed by atoms with E-state index in [1.165, 1.54) is 347 Å². The SMILES string of the molecule is CCCCCC/C=C\C/C=C\CCCCCCCCCC(=O)OCCCCCCCCCCCCCC/C=C\CCCCCCCCCCCCCCCC(=O)NC(CO)C(O)CCCCCCCCCCCCCCCCCCCCCCC. The fourth-order valence-corrected chi connectivity index (χ4v) is 12.3. The van der Waals surface area contributed by atoms with E-state index in [-0.39, 0.29) is 18.5 Å². The summed E-state index contributed by atoms with van der Waals surface area (Å²) < 4.78 is 5.51. The summed E-state index contributed by atoms with van der Waals surface area (Å²) in [4.78, 5) is 24.7. The minimum atomic E-state index is -0.665. The number of esters is 1. The Hall–Kier alpha value is -1.92.